The highest BCUT2D eigenvalue weighted by Crippen LogP contribution is 2.34. The van der Waals surface area contributed by atoms with E-state index in [0.29, 0.717) is 11.5 Å². The van der Waals surface area contributed by atoms with E-state index in [-0.39, 0.29) is 0 Å². The van der Waals surface area contributed by atoms with Crippen LogP contribution in [0.5, 0.6) is 11.5 Å². The zero-order valence-electron chi connectivity index (χ0n) is 6.92. The lowest BCUT2D eigenvalue weighted by molar-refractivity contribution is 0.407. The zero-order valence-corrected chi connectivity index (χ0v) is 6.92. The van der Waals surface area contributed by atoms with Crippen LogP contribution in [0.1, 0.15) is 5.56 Å². The largest absolute Gasteiger partial charge is 0.507 e. The molecule has 2 rings (SSSR count). The number of hydrogen-bond donors (Lipinski definition) is 2. The van der Waals surface area contributed by atoms with Crippen molar-refractivity contribution < 1.29 is 9.84 Å². The molecule has 0 atom stereocenters. The first kappa shape index (κ1) is 7.28. The predicted octanol–water partition coefficient (Wildman–Crippen LogP) is 1.37. The van der Waals surface area contributed by atoms with Gasteiger partial charge in [0.05, 0.1) is 7.11 Å². The lowest BCUT2D eigenvalue weighted by Crippen LogP contribution is -1.91. The first-order valence-corrected chi connectivity index (χ1v) is 3.95. The van der Waals surface area contributed by atoms with Gasteiger partial charge in [0, 0.05) is 29.9 Å². The predicted molar refractivity (Wildman–Crippen MR) is 46.9 cm³/mol. The molecule has 0 aliphatic carbocycles. The fourth-order valence-corrected chi connectivity index (χ4v) is 1.49. The molecule has 1 aromatic carbocycles. The Kier molecular flexibility index (Phi) is 1.57. The second-order valence-electron chi connectivity index (χ2n) is 2.85. The highest BCUT2D eigenvalue weighted by Gasteiger charge is 2.15. The maximum atomic E-state index is 9.52. The van der Waals surface area contributed by atoms with Crippen molar-refractivity contribution in [1.29, 1.82) is 0 Å². The van der Waals surface area contributed by atoms with Crippen molar-refractivity contribution >= 4 is 5.69 Å². The number of aromatic hydroxyl groups is 1. The van der Waals surface area contributed by atoms with Crippen molar-refractivity contribution in [2.75, 3.05) is 19.0 Å². The Morgan fingerprint density at radius 3 is 3.08 bits per heavy atom. The molecular weight excluding hydrogens is 154 g/mol. The fourth-order valence-electron chi connectivity index (χ4n) is 1.49. The Hall–Kier alpha value is -1.38. The van der Waals surface area contributed by atoms with Gasteiger partial charge in [0.1, 0.15) is 11.5 Å². The third-order valence-corrected chi connectivity index (χ3v) is 2.13. The van der Waals surface area contributed by atoms with Crippen LogP contribution in [0, 0.1) is 0 Å². The van der Waals surface area contributed by atoms with Crippen LogP contribution in [-0.4, -0.2) is 18.8 Å². The molecule has 0 fully saturated rings. The fraction of sp³-hybridized carbons (Fsp3) is 0.333. The Morgan fingerprint density at radius 2 is 2.33 bits per heavy atom. The minimum atomic E-state index is 0.328. The molecular formula is C9H11NO2. The van der Waals surface area contributed by atoms with Gasteiger partial charge in [-0.25, -0.2) is 0 Å². The monoisotopic (exact) mass is 165 g/mol. The molecule has 0 bridgehead atoms. The summed E-state index contributed by atoms with van der Waals surface area (Å²) in [7, 11) is 1.59. The minimum Gasteiger partial charge on any atom is -0.507 e. The number of hydrogen-bond acceptors (Lipinski definition) is 3. The summed E-state index contributed by atoms with van der Waals surface area (Å²) in [5.74, 6) is 1.02. The third kappa shape index (κ3) is 0.978. The van der Waals surface area contributed by atoms with Crippen LogP contribution in [0.3, 0.4) is 0 Å². The smallest absolute Gasteiger partial charge is 0.124 e. The van der Waals surface area contributed by atoms with Crippen molar-refractivity contribution in [3.05, 3.63) is 17.7 Å². The molecule has 0 spiro atoms. The average molecular weight is 165 g/mol. The van der Waals surface area contributed by atoms with Crippen LogP contribution in [0.4, 0.5) is 5.69 Å². The highest BCUT2D eigenvalue weighted by molar-refractivity contribution is 5.64. The van der Waals surface area contributed by atoms with Gasteiger partial charge in [-0.15, -0.1) is 0 Å². The van der Waals surface area contributed by atoms with Crippen LogP contribution >= 0.6 is 0 Å². The summed E-state index contributed by atoms with van der Waals surface area (Å²) in [4.78, 5) is 0. The summed E-state index contributed by atoms with van der Waals surface area (Å²) in [6, 6.07) is 3.55. The molecule has 1 aliphatic rings. The first-order valence-electron chi connectivity index (χ1n) is 3.95. The van der Waals surface area contributed by atoms with Gasteiger partial charge < -0.3 is 15.2 Å². The van der Waals surface area contributed by atoms with Gasteiger partial charge in [-0.2, -0.15) is 0 Å². The summed E-state index contributed by atoms with van der Waals surface area (Å²) >= 11 is 0. The van der Waals surface area contributed by atoms with E-state index >= 15 is 0 Å². The highest BCUT2D eigenvalue weighted by atomic mass is 16.5. The molecule has 12 heavy (non-hydrogen) atoms. The quantitative estimate of drug-likeness (QED) is 0.660. The summed E-state index contributed by atoms with van der Waals surface area (Å²) in [5.41, 5.74) is 1.99. The summed E-state index contributed by atoms with van der Waals surface area (Å²) in [6.07, 6.45) is 0.894. The summed E-state index contributed by atoms with van der Waals surface area (Å²) in [6.45, 7) is 0.899. The lowest BCUT2D eigenvalue weighted by atomic mass is 10.1. The van der Waals surface area contributed by atoms with Gasteiger partial charge in [-0.05, 0) is 6.42 Å². The molecule has 0 saturated carbocycles. The number of anilines is 1. The van der Waals surface area contributed by atoms with Crippen molar-refractivity contribution in [3.63, 3.8) is 0 Å². The normalized spacial score (nSPS) is 13.8. The van der Waals surface area contributed by atoms with Crippen LogP contribution in [0.15, 0.2) is 12.1 Å². The van der Waals surface area contributed by atoms with E-state index in [9.17, 15) is 5.11 Å². The molecule has 64 valence electrons. The van der Waals surface area contributed by atoms with Gasteiger partial charge in [-0.1, -0.05) is 0 Å². The topological polar surface area (TPSA) is 41.5 Å². The Labute approximate surface area is 71.0 Å². The molecule has 1 heterocycles. The maximum absolute atomic E-state index is 9.52. The Morgan fingerprint density at radius 1 is 1.50 bits per heavy atom. The van der Waals surface area contributed by atoms with Crippen molar-refractivity contribution in [2.24, 2.45) is 0 Å². The molecule has 3 heteroatoms. The number of phenols is 1. The number of benzene rings is 1. The number of methoxy groups -OCH3 is 1. The summed E-state index contributed by atoms with van der Waals surface area (Å²) in [5, 5.41) is 12.7. The van der Waals surface area contributed by atoms with E-state index in [2.05, 4.69) is 5.32 Å². The van der Waals surface area contributed by atoms with E-state index in [0.717, 1.165) is 24.2 Å². The summed E-state index contributed by atoms with van der Waals surface area (Å²) < 4.78 is 5.02. The zero-order chi connectivity index (χ0) is 8.55. The van der Waals surface area contributed by atoms with Gasteiger partial charge in [0.15, 0.2) is 0 Å². The second-order valence-corrected chi connectivity index (χ2v) is 2.85. The van der Waals surface area contributed by atoms with Crippen LogP contribution in [0.25, 0.3) is 0 Å². The SMILES string of the molecule is COc1cc(O)c2c(c1)NCC2. The van der Waals surface area contributed by atoms with Crippen molar-refractivity contribution in [2.45, 2.75) is 6.42 Å². The van der Waals surface area contributed by atoms with Gasteiger partial charge in [0.2, 0.25) is 0 Å². The van der Waals surface area contributed by atoms with Crippen LogP contribution in [-0.2, 0) is 6.42 Å². The van der Waals surface area contributed by atoms with E-state index in [1.165, 1.54) is 0 Å². The van der Waals surface area contributed by atoms with E-state index < -0.39 is 0 Å². The van der Waals surface area contributed by atoms with E-state index in [4.69, 9.17) is 4.74 Å². The number of phenolic OH excluding ortho intramolecular Hbond substituents is 1. The number of ether oxygens (including phenoxy) is 1. The Bertz CT molecular complexity index is 310. The van der Waals surface area contributed by atoms with Crippen LogP contribution < -0.4 is 10.1 Å². The molecule has 3 nitrogen and oxygen atoms in total. The lowest BCUT2D eigenvalue weighted by Gasteiger charge is -2.05. The molecule has 0 radical (unpaired) electrons. The van der Waals surface area contributed by atoms with Gasteiger partial charge in [-0.3, -0.25) is 0 Å². The third-order valence-electron chi connectivity index (χ3n) is 2.13. The standard InChI is InChI=1S/C9H11NO2/c1-12-6-4-8-7(2-3-10-8)9(11)5-6/h4-5,10-11H,2-3H2,1H3. The number of nitrogens with one attached hydrogen (secondary N) is 1. The minimum absolute atomic E-state index is 0.328. The molecule has 1 aromatic rings. The van der Waals surface area contributed by atoms with Gasteiger partial charge in [0.25, 0.3) is 0 Å². The van der Waals surface area contributed by atoms with Crippen LogP contribution in [0.2, 0.25) is 0 Å². The molecule has 2 N–H and O–H groups in total. The number of fused-ring (bicyclic) bond motifs is 1. The molecule has 0 unspecified atom stereocenters. The van der Waals surface area contributed by atoms with E-state index in [1.807, 2.05) is 6.07 Å². The average Bonchev–Trinajstić information content (AvgIpc) is 2.52. The van der Waals surface area contributed by atoms with Crippen molar-refractivity contribution in [1.82, 2.24) is 0 Å². The Balaban J connectivity index is 2.51. The first-order chi connectivity index (χ1) is 5.81. The number of rotatable bonds is 1. The van der Waals surface area contributed by atoms with Crippen molar-refractivity contribution in [3.8, 4) is 11.5 Å². The molecule has 0 aromatic heterocycles. The maximum Gasteiger partial charge on any atom is 0.124 e. The molecule has 0 saturated heterocycles. The van der Waals surface area contributed by atoms with E-state index in [1.54, 1.807) is 13.2 Å². The molecule has 1 aliphatic heterocycles. The second kappa shape index (κ2) is 2.59. The molecule has 0 amide bonds. The van der Waals surface area contributed by atoms with Gasteiger partial charge >= 0.3 is 0 Å².